The van der Waals surface area contributed by atoms with Gasteiger partial charge in [0.25, 0.3) is 23.4 Å². The maximum atomic E-state index is 13.6. The average Bonchev–Trinajstić information content (AvgIpc) is 3.19. The first-order valence-electron chi connectivity index (χ1n) is 12.6. The third-order valence-corrected chi connectivity index (χ3v) is 7.56. The number of nitrogens with one attached hydrogen (secondary N) is 2. The number of benzene rings is 4. The molecule has 10 heteroatoms. The van der Waals surface area contributed by atoms with E-state index < -0.39 is 22.6 Å². The summed E-state index contributed by atoms with van der Waals surface area (Å²) in [5, 5.41) is 16.8. The SMILES string of the molecule is Cc1ccc(NC2=C(Sc3cccc(NC(=O)c4ccc([N+](=O)[O-])cc4)c3)C(=O)N(c3ccccc3)C2=O)cc1C. The summed E-state index contributed by atoms with van der Waals surface area (Å²) in [6.45, 7) is 3.97. The molecule has 0 spiro atoms. The molecular formula is C31H24N4O5S. The highest BCUT2D eigenvalue weighted by Crippen LogP contribution is 2.38. The van der Waals surface area contributed by atoms with Crippen molar-refractivity contribution in [2.75, 3.05) is 15.5 Å². The second kappa shape index (κ2) is 11.5. The van der Waals surface area contributed by atoms with Gasteiger partial charge in [0.1, 0.15) is 10.6 Å². The lowest BCUT2D eigenvalue weighted by Gasteiger charge is -2.15. The van der Waals surface area contributed by atoms with Gasteiger partial charge in [-0.25, -0.2) is 4.90 Å². The lowest BCUT2D eigenvalue weighted by Crippen LogP contribution is -2.32. The molecule has 204 valence electrons. The minimum absolute atomic E-state index is 0.112. The smallest absolute Gasteiger partial charge is 0.283 e. The molecule has 1 aliphatic rings. The monoisotopic (exact) mass is 564 g/mol. The Labute approximate surface area is 240 Å². The third kappa shape index (κ3) is 5.87. The summed E-state index contributed by atoms with van der Waals surface area (Å²) in [7, 11) is 0. The molecule has 9 nitrogen and oxygen atoms in total. The van der Waals surface area contributed by atoms with E-state index in [0.29, 0.717) is 22.0 Å². The van der Waals surface area contributed by atoms with Crippen LogP contribution in [-0.4, -0.2) is 22.6 Å². The topological polar surface area (TPSA) is 122 Å². The Balaban J connectivity index is 1.43. The van der Waals surface area contributed by atoms with Gasteiger partial charge >= 0.3 is 0 Å². The molecular weight excluding hydrogens is 540 g/mol. The molecule has 3 amide bonds. The van der Waals surface area contributed by atoms with Gasteiger partial charge in [0.2, 0.25) is 0 Å². The van der Waals surface area contributed by atoms with Gasteiger partial charge in [0.05, 0.1) is 10.6 Å². The Morgan fingerprint density at radius 1 is 0.805 bits per heavy atom. The van der Waals surface area contributed by atoms with Crippen LogP contribution in [0.15, 0.2) is 113 Å². The van der Waals surface area contributed by atoms with Gasteiger partial charge in [-0.15, -0.1) is 0 Å². The Morgan fingerprint density at radius 2 is 1.54 bits per heavy atom. The number of hydrogen-bond donors (Lipinski definition) is 2. The van der Waals surface area contributed by atoms with Crippen molar-refractivity contribution in [1.29, 1.82) is 0 Å². The molecule has 0 radical (unpaired) electrons. The van der Waals surface area contributed by atoms with Crippen molar-refractivity contribution in [3.63, 3.8) is 0 Å². The molecule has 4 aromatic carbocycles. The van der Waals surface area contributed by atoms with Gasteiger partial charge < -0.3 is 10.6 Å². The lowest BCUT2D eigenvalue weighted by atomic mass is 10.1. The van der Waals surface area contributed by atoms with Crippen molar-refractivity contribution in [3.05, 3.63) is 134 Å². The van der Waals surface area contributed by atoms with Crippen LogP contribution in [0.25, 0.3) is 0 Å². The standard InChI is InChI=1S/C31H24N4O5S/c1-19-11-14-23(17-20(19)2)32-27-28(31(38)34(30(27)37)24-8-4-3-5-9-24)41-26-10-6-7-22(18-26)33-29(36)21-12-15-25(16-13-21)35(39)40/h3-18,32H,1-2H3,(H,33,36). The average molecular weight is 565 g/mol. The van der Waals surface area contributed by atoms with E-state index in [1.807, 2.05) is 38.1 Å². The highest BCUT2D eigenvalue weighted by Gasteiger charge is 2.40. The van der Waals surface area contributed by atoms with E-state index in [2.05, 4.69) is 10.6 Å². The Bertz CT molecular complexity index is 1720. The zero-order valence-corrected chi connectivity index (χ0v) is 22.9. The van der Waals surface area contributed by atoms with E-state index in [-0.39, 0.29) is 21.9 Å². The number of aryl methyl sites for hydroxylation is 2. The highest BCUT2D eigenvalue weighted by atomic mass is 32.2. The van der Waals surface area contributed by atoms with Gasteiger partial charge in [-0.2, -0.15) is 0 Å². The van der Waals surface area contributed by atoms with Crippen LogP contribution in [0.2, 0.25) is 0 Å². The van der Waals surface area contributed by atoms with Crippen molar-refractivity contribution < 1.29 is 19.3 Å². The van der Waals surface area contributed by atoms with Crippen LogP contribution in [-0.2, 0) is 9.59 Å². The van der Waals surface area contributed by atoms with E-state index in [9.17, 15) is 24.5 Å². The van der Waals surface area contributed by atoms with Crippen molar-refractivity contribution >= 4 is 52.2 Å². The van der Waals surface area contributed by atoms with Crippen LogP contribution in [0.3, 0.4) is 0 Å². The van der Waals surface area contributed by atoms with E-state index >= 15 is 0 Å². The number of nitro groups is 1. The highest BCUT2D eigenvalue weighted by molar-refractivity contribution is 8.04. The predicted octanol–water partition coefficient (Wildman–Crippen LogP) is 6.45. The third-order valence-electron chi connectivity index (χ3n) is 6.48. The molecule has 0 saturated heterocycles. The first kappa shape index (κ1) is 27.4. The quantitative estimate of drug-likeness (QED) is 0.143. The van der Waals surface area contributed by atoms with Crippen LogP contribution in [0, 0.1) is 24.0 Å². The Hall–Kier alpha value is -5.22. The summed E-state index contributed by atoms with van der Waals surface area (Å²) < 4.78 is 0. The molecule has 0 aliphatic carbocycles. The summed E-state index contributed by atoms with van der Waals surface area (Å²) in [4.78, 5) is 52.3. The van der Waals surface area contributed by atoms with Crippen LogP contribution < -0.4 is 15.5 Å². The van der Waals surface area contributed by atoms with Gasteiger partial charge in [-0.3, -0.25) is 24.5 Å². The number of carbonyl (C=O) groups is 3. The van der Waals surface area contributed by atoms with Gasteiger partial charge in [0.15, 0.2) is 0 Å². The number of carbonyl (C=O) groups excluding carboxylic acids is 3. The fraction of sp³-hybridized carbons (Fsp3) is 0.0645. The maximum absolute atomic E-state index is 13.6. The van der Waals surface area contributed by atoms with Crippen molar-refractivity contribution in [3.8, 4) is 0 Å². The van der Waals surface area contributed by atoms with Gasteiger partial charge in [0, 0.05) is 34.0 Å². The van der Waals surface area contributed by atoms with Crippen LogP contribution in [0.4, 0.5) is 22.7 Å². The van der Waals surface area contributed by atoms with E-state index in [0.717, 1.165) is 27.8 Å². The molecule has 0 saturated carbocycles. The number of nitro benzene ring substituents is 1. The summed E-state index contributed by atoms with van der Waals surface area (Å²) in [6.07, 6.45) is 0. The lowest BCUT2D eigenvalue weighted by molar-refractivity contribution is -0.384. The van der Waals surface area contributed by atoms with Crippen molar-refractivity contribution in [2.24, 2.45) is 0 Å². The van der Waals surface area contributed by atoms with Crippen LogP contribution in [0.5, 0.6) is 0 Å². The molecule has 4 aromatic rings. The fourth-order valence-corrected chi connectivity index (χ4v) is 5.17. The number of amides is 3. The number of hydrogen-bond acceptors (Lipinski definition) is 7. The zero-order valence-electron chi connectivity index (χ0n) is 22.1. The first-order valence-corrected chi connectivity index (χ1v) is 13.4. The van der Waals surface area contributed by atoms with E-state index in [4.69, 9.17) is 0 Å². The molecule has 0 atom stereocenters. The van der Waals surface area contributed by atoms with Crippen LogP contribution in [0.1, 0.15) is 21.5 Å². The minimum Gasteiger partial charge on any atom is -0.350 e. The zero-order chi connectivity index (χ0) is 29.1. The molecule has 41 heavy (non-hydrogen) atoms. The second-order valence-electron chi connectivity index (χ2n) is 9.30. The molecule has 5 rings (SSSR count). The predicted molar refractivity (Wildman–Crippen MR) is 159 cm³/mol. The fourth-order valence-electron chi connectivity index (χ4n) is 4.18. The molecule has 0 aromatic heterocycles. The molecule has 1 aliphatic heterocycles. The number of non-ortho nitro benzene ring substituents is 1. The number of para-hydroxylation sites is 1. The van der Waals surface area contributed by atoms with E-state index in [1.54, 1.807) is 48.5 Å². The van der Waals surface area contributed by atoms with Gasteiger partial charge in [-0.1, -0.05) is 42.1 Å². The number of thioether (sulfide) groups is 1. The molecule has 0 fully saturated rings. The molecule has 1 heterocycles. The maximum Gasteiger partial charge on any atom is 0.283 e. The van der Waals surface area contributed by atoms with Crippen molar-refractivity contribution in [2.45, 2.75) is 18.7 Å². The van der Waals surface area contributed by atoms with Crippen LogP contribution >= 0.6 is 11.8 Å². The number of nitrogens with zero attached hydrogens (tertiary/aromatic N) is 2. The molecule has 0 bridgehead atoms. The number of imide groups is 1. The normalized spacial score (nSPS) is 13.0. The number of rotatable bonds is 8. The van der Waals surface area contributed by atoms with Crippen molar-refractivity contribution in [1.82, 2.24) is 0 Å². The summed E-state index contributed by atoms with van der Waals surface area (Å²) in [5.41, 5.74) is 4.05. The van der Waals surface area contributed by atoms with E-state index in [1.165, 1.54) is 24.3 Å². The van der Waals surface area contributed by atoms with Gasteiger partial charge in [-0.05, 0) is 79.6 Å². The molecule has 0 unspecified atom stereocenters. The Morgan fingerprint density at radius 3 is 2.22 bits per heavy atom. The first-order chi connectivity index (χ1) is 19.7. The number of anilines is 3. The minimum atomic E-state index is -0.534. The second-order valence-corrected chi connectivity index (χ2v) is 10.4. The summed E-state index contributed by atoms with van der Waals surface area (Å²) in [6, 6.07) is 26.6. The largest absolute Gasteiger partial charge is 0.350 e. The summed E-state index contributed by atoms with van der Waals surface area (Å²) in [5.74, 6) is -1.37. The molecule has 2 N–H and O–H groups in total. The Kier molecular flexibility index (Phi) is 7.66. The summed E-state index contributed by atoms with van der Waals surface area (Å²) >= 11 is 1.12.